The third-order valence-corrected chi connectivity index (χ3v) is 4.49. The van der Waals surface area contributed by atoms with Gasteiger partial charge in [-0.2, -0.15) is 0 Å². The fourth-order valence-electron chi connectivity index (χ4n) is 2.40. The number of aliphatic hydroxyl groups is 1. The standard InChI is InChI=1S/C15H17NO2S/c1-2-15-16-11(9-19-15)8-18-12-4-5-13-10(7-12)3-6-14(13)17/h4-5,7,9,14,17H,2-3,6,8H2,1H3/t14-/m1/s1. The molecule has 0 amide bonds. The molecule has 100 valence electrons. The average Bonchev–Trinajstić information content (AvgIpc) is 3.03. The highest BCUT2D eigenvalue weighted by atomic mass is 32.1. The summed E-state index contributed by atoms with van der Waals surface area (Å²) in [6.45, 7) is 2.62. The van der Waals surface area contributed by atoms with Crippen molar-refractivity contribution in [3.8, 4) is 5.75 Å². The Bertz CT molecular complexity index is 579. The van der Waals surface area contributed by atoms with E-state index in [-0.39, 0.29) is 6.10 Å². The summed E-state index contributed by atoms with van der Waals surface area (Å²) in [6, 6.07) is 5.94. The summed E-state index contributed by atoms with van der Waals surface area (Å²) in [5, 5.41) is 13.0. The fourth-order valence-corrected chi connectivity index (χ4v) is 3.13. The van der Waals surface area contributed by atoms with E-state index < -0.39 is 0 Å². The zero-order chi connectivity index (χ0) is 13.2. The number of hydrogen-bond donors (Lipinski definition) is 1. The minimum Gasteiger partial charge on any atom is -0.487 e. The van der Waals surface area contributed by atoms with Gasteiger partial charge in [-0.05, 0) is 42.5 Å². The molecule has 3 nitrogen and oxygen atoms in total. The van der Waals surface area contributed by atoms with Crippen LogP contribution in [0.25, 0.3) is 0 Å². The molecule has 1 heterocycles. The van der Waals surface area contributed by atoms with Gasteiger partial charge in [-0.25, -0.2) is 4.98 Å². The number of aliphatic hydroxyl groups excluding tert-OH is 1. The Morgan fingerprint density at radius 3 is 3.16 bits per heavy atom. The van der Waals surface area contributed by atoms with Gasteiger partial charge in [0.1, 0.15) is 12.4 Å². The lowest BCUT2D eigenvalue weighted by atomic mass is 10.1. The average molecular weight is 275 g/mol. The van der Waals surface area contributed by atoms with Gasteiger partial charge in [0.05, 0.1) is 16.8 Å². The summed E-state index contributed by atoms with van der Waals surface area (Å²) in [6.07, 6.45) is 2.44. The number of fused-ring (bicyclic) bond motifs is 1. The molecule has 1 atom stereocenters. The van der Waals surface area contributed by atoms with Crippen LogP contribution in [0.5, 0.6) is 5.75 Å². The molecule has 4 heteroatoms. The molecule has 0 aliphatic heterocycles. The molecule has 0 saturated heterocycles. The second kappa shape index (κ2) is 5.31. The van der Waals surface area contributed by atoms with E-state index in [2.05, 4.69) is 17.3 Å². The number of nitrogens with zero attached hydrogens (tertiary/aromatic N) is 1. The second-order valence-corrected chi connectivity index (χ2v) is 5.73. The van der Waals surface area contributed by atoms with Crippen molar-refractivity contribution in [2.45, 2.75) is 38.9 Å². The first kappa shape index (κ1) is 12.6. The summed E-state index contributed by atoms with van der Waals surface area (Å²) in [7, 11) is 0. The van der Waals surface area contributed by atoms with Gasteiger partial charge in [0.15, 0.2) is 0 Å². The van der Waals surface area contributed by atoms with Crippen LogP contribution in [0.3, 0.4) is 0 Å². The molecular formula is C15H17NO2S. The van der Waals surface area contributed by atoms with Crippen LogP contribution in [0.4, 0.5) is 0 Å². The normalized spacial score (nSPS) is 17.5. The molecular weight excluding hydrogens is 258 g/mol. The summed E-state index contributed by atoms with van der Waals surface area (Å²) in [5.41, 5.74) is 3.24. The van der Waals surface area contributed by atoms with Gasteiger partial charge in [-0.3, -0.25) is 0 Å². The molecule has 3 rings (SSSR count). The number of thiazole rings is 1. The van der Waals surface area contributed by atoms with Crippen LogP contribution in [0.1, 0.15) is 41.3 Å². The predicted octanol–water partition coefficient (Wildman–Crippen LogP) is 3.26. The van der Waals surface area contributed by atoms with E-state index in [0.29, 0.717) is 6.61 Å². The minimum absolute atomic E-state index is 0.297. The Balaban J connectivity index is 1.67. The highest BCUT2D eigenvalue weighted by molar-refractivity contribution is 7.09. The van der Waals surface area contributed by atoms with Crippen molar-refractivity contribution in [3.63, 3.8) is 0 Å². The topological polar surface area (TPSA) is 42.4 Å². The van der Waals surface area contributed by atoms with Gasteiger partial charge in [0.25, 0.3) is 0 Å². The van der Waals surface area contributed by atoms with Gasteiger partial charge in [0.2, 0.25) is 0 Å². The van der Waals surface area contributed by atoms with Crippen LogP contribution in [-0.4, -0.2) is 10.1 Å². The lowest BCUT2D eigenvalue weighted by molar-refractivity contribution is 0.180. The maximum Gasteiger partial charge on any atom is 0.131 e. The van der Waals surface area contributed by atoms with Crippen molar-refractivity contribution >= 4 is 11.3 Å². The van der Waals surface area contributed by atoms with E-state index in [1.165, 1.54) is 5.56 Å². The van der Waals surface area contributed by atoms with Crippen LogP contribution in [0.15, 0.2) is 23.6 Å². The van der Waals surface area contributed by atoms with Gasteiger partial charge in [-0.1, -0.05) is 13.0 Å². The Hall–Kier alpha value is -1.39. The Morgan fingerprint density at radius 2 is 2.37 bits per heavy atom. The number of ether oxygens (including phenoxy) is 1. The van der Waals surface area contributed by atoms with E-state index in [1.54, 1.807) is 11.3 Å². The molecule has 19 heavy (non-hydrogen) atoms. The molecule has 1 aromatic heterocycles. The smallest absolute Gasteiger partial charge is 0.131 e. The lowest BCUT2D eigenvalue weighted by Crippen LogP contribution is -1.97. The van der Waals surface area contributed by atoms with Crippen molar-refractivity contribution in [2.24, 2.45) is 0 Å². The minimum atomic E-state index is -0.297. The van der Waals surface area contributed by atoms with Gasteiger partial charge in [-0.15, -0.1) is 11.3 Å². The van der Waals surface area contributed by atoms with Crippen LogP contribution in [0, 0.1) is 0 Å². The largest absolute Gasteiger partial charge is 0.487 e. The molecule has 0 saturated carbocycles. The number of benzene rings is 1. The van der Waals surface area contributed by atoms with Crippen LogP contribution in [0.2, 0.25) is 0 Å². The molecule has 0 spiro atoms. The maximum atomic E-state index is 9.76. The molecule has 1 aromatic carbocycles. The number of aromatic nitrogens is 1. The summed E-state index contributed by atoms with van der Waals surface area (Å²) in [4.78, 5) is 4.48. The molecule has 1 N–H and O–H groups in total. The predicted molar refractivity (Wildman–Crippen MR) is 75.5 cm³/mol. The quantitative estimate of drug-likeness (QED) is 0.931. The third kappa shape index (κ3) is 2.65. The molecule has 0 bridgehead atoms. The van der Waals surface area contributed by atoms with E-state index in [9.17, 15) is 5.11 Å². The monoisotopic (exact) mass is 275 g/mol. The lowest BCUT2D eigenvalue weighted by Gasteiger charge is -2.08. The third-order valence-electron chi connectivity index (χ3n) is 3.45. The zero-order valence-electron chi connectivity index (χ0n) is 10.9. The Morgan fingerprint density at radius 1 is 1.47 bits per heavy atom. The Kier molecular flexibility index (Phi) is 3.53. The molecule has 0 fully saturated rings. The van der Waals surface area contributed by atoms with Crippen LogP contribution in [-0.2, 0) is 19.4 Å². The van der Waals surface area contributed by atoms with E-state index >= 15 is 0 Å². The van der Waals surface area contributed by atoms with Crippen molar-refractivity contribution < 1.29 is 9.84 Å². The second-order valence-electron chi connectivity index (χ2n) is 4.79. The van der Waals surface area contributed by atoms with Gasteiger partial charge < -0.3 is 9.84 Å². The molecule has 1 aliphatic rings. The van der Waals surface area contributed by atoms with E-state index in [0.717, 1.165) is 41.3 Å². The number of aryl methyl sites for hydroxylation is 2. The Labute approximate surface area is 116 Å². The first-order valence-electron chi connectivity index (χ1n) is 6.63. The van der Waals surface area contributed by atoms with Crippen molar-refractivity contribution in [2.75, 3.05) is 0 Å². The fraction of sp³-hybridized carbons (Fsp3) is 0.400. The van der Waals surface area contributed by atoms with E-state index in [1.807, 2.05) is 18.2 Å². The summed E-state index contributed by atoms with van der Waals surface area (Å²) in [5.74, 6) is 0.860. The highest BCUT2D eigenvalue weighted by Crippen LogP contribution is 2.33. The van der Waals surface area contributed by atoms with E-state index in [4.69, 9.17) is 4.74 Å². The summed E-state index contributed by atoms with van der Waals surface area (Å²) >= 11 is 1.68. The first-order valence-corrected chi connectivity index (χ1v) is 7.51. The van der Waals surface area contributed by atoms with Gasteiger partial charge in [0, 0.05) is 5.38 Å². The SMILES string of the molecule is CCc1nc(COc2ccc3c(c2)CC[C@H]3O)cs1. The molecule has 0 radical (unpaired) electrons. The van der Waals surface area contributed by atoms with Crippen LogP contribution < -0.4 is 4.74 Å². The maximum absolute atomic E-state index is 9.76. The van der Waals surface area contributed by atoms with Crippen molar-refractivity contribution in [1.29, 1.82) is 0 Å². The van der Waals surface area contributed by atoms with Gasteiger partial charge >= 0.3 is 0 Å². The van der Waals surface area contributed by atoms with Crippen LogP contribution >= 0.6 is 11.3 Å². The highest BCUT2D eigenvalue weighted by Gasteiger charge is 2.20. The van der Waals surface area contributed by atoms with Crippen molar-refractivity contribution in [3.05, 3.63) is 45.4 Å². The zero-order valence-corrected chi connectivity index (χ0v) is 11.7. The summed E-state index contributed by atoms with van der Waals surface area (Å²) < 4.78 is 5.77. The first-order chi connectivity index (χ1) is 9.26. The molecule has 2 aromatic rings. The molecule has 0 unspecified atom stereocenters. The molecule has 1 aliphatic carbocycles. The number of rotatable bonds is 4. The number of hydrogen-bond acceptors (Lipinski definition) is 4. The van der Waals surface area contributed by atoms with Crippen molar-refractivity contribution in [1.82, 2.24) is 4.98 Å².